The molecule has 2 amide bonds. The van der Waals surface area contributed by atoms with Crippen LogP contribution in [0.4, 0.5) is 5.82 Å². The first-order valence-electron chi connectivity index (χ1n) is 10.9. The molecule has 2 heterocycles. The number of ether oxygens (including phenoxy) is 1. The average molecular weight is 634 g/mol. The van der Waals surface area contributed by atoms with Crippen molar-refractivity contribution in [3.8, 4) is 5.75 Å². The third-order valence-electron chi connectivity index (χ3n) is 5.47. The number of anilines is 1. The molecule has 1 fully saturated rings. The van der Waals surface area contributed by atoms with E-state index in [4.69, 9.17) is 4.74 Å². The number of nitrogens with zero attached hydrogens (tertiary/aromatic N) is 3. The third-order valence-corrected chi connectivity index (χ3v) is 6.87. The van der Waals surface area contributed by atoms with Crippen LogP contribution in [0.2, 0.25) is 0 Å². The van der Waals surface area contributed by atoms with Gasteiger partial charge in [-0.05, 0) is 17.7 Å². The zero-order valence-corrected chi connectivity index (χ0v) is 22.8. The molecule has 1 aromatic heterocycles. The predicted molar refractivity (Wildman–Crippen MR) is 128 cm³/mol. The van der Waals surface area contributed by atoms with E-state index in [2.05, 4.69) is 15.2 Å². The molecule has 33 heavy (non-hydrogen) atoms. The zero-order chi connectivity index (χ0) is 23.0. The van der Waals surface area contributed by atoms with Gasteiger partial charge < -0.3 is 4.74 Å². The van der Waals surface area contributed by atoms with Gasteiger partial charge in [-0.3, -0.25) is 0 Å². The van der Waals surface area contributed by atoms with Gasteiger partial charge in [0.05, 0.1) is 6.20 Å². The SMILES string of the molecule is O=C(NCC(=O)N1CCN(c2ccc(OCc3ccccc3)cn2)CC1)c1ccc[c]([Tl])c1. The van der Waals surface area contributed by atoms with E-state index in [0.29, 0.717) is 64.1 Å². The van der Waals surface area contributed by atoms with Crippen LogP contribution in [0.15, 0.2) is 72.9 Å². The molecule has 1 saturated heterocycles. The maximum atomic E-state index is 12.5. The van der Waals surface area contributed by atoms with E-state index in [0.717, 1.165) is 17.1 Å². The summed E-state index contributed by atoms with van der Waals surface area (Å²) in [5.74, 6) is 1.32. The molecule has 0 bridgehead atoms. The fourth-order valence-electron chi connectivity index (χ4n) is 3.62. The van der Waals surface area contributed by atoms with Crippen molar-refractivity contribution in [2.75, 3.05) is 37.6 Å². The Morgan fingerprint density at radius 1 is 0.970 bits per heavy atom. The van der Waals surface area contributed by atoms with Crippen molar-refractivity contribution in [3.05, 3.63) is 84.1 Å². The molecule has 3 aromatic rings. The molecule has 1 aliphatic rings. The van der Waals surface area contributed by atoms with E-state index in [1.165, 1.54) is 3.12 Å². The van der Waals surface area contributed by atoms with Gasteiger partial charge in [-0.25, -0.2) is 4.98 Å². The summed E-state index contributed by atoms with van der Waals surface area (Å²) in [4.78, 5) is 33.3. The number of piperazine rings is 1. The van der Waals surface area contributed by atoms with Gasteiger partial charge in [-0.1, -0.05) is 30.3 Å². The Kier molecular flexibility index (Phi) is 7.92. The zero-order valence-electron chi connectivity index (χ0n) is 18.3. The van der Waals surface area contributed by atoms with Gasteiger partial charge >= 0.3 is 134 Å². The van der Waals surface area contributed by atoms with Crippen LogP contribution in [-0.2, 0) is 11.4 Å². The number of amides is 2. The number of carbonyl (C=O) groups is 2. The van der Waals surface area contributed by atoms with Gasteiger partial charge in [0, 0.05) is 0 Å². The monoisotopic (exact) mass is 634 g/mol. The van der Waals surface area contributed by atoms with Gasteiger partial charge in [0.25, 0.3) is 0 Å². The minimum absolute atomic E-state index is 0.0121. The molecule has 8 heteroatoms. The first kappa shape index (κ1) is 23.2. The number of hydrogen-bond donors (Lipinski definition) is 1. The number of rotatable bonds is 7. The summed E-state index contributed by atoms with van der Waals surface area (Å²) in [7, 11) is 0. The van der Waals surface area contributed by atoms with Gasteiger partial charge in [0.2, 0.25) is 0 Å². The predicted octanol–water partition coefficient (Wildman–Crippen LogP) is 1.53. The number of aromatic nitrogens is 1. The standard InChI is InChI=1S/C25H25N4O3.Tl/c30-24(18-27-25(31)21-9-5-2-6-10-21)29-15-13-28(14-16-29)23-12-11-22(17-26-23)32-19-20-7-3-1-4-8-20;/h1-5,7-12,17H,13-16,18-19H2,(H,27,31);. The third kappa shape index (κ3) is 6.53. The molecule has 7 nitrogen and oxygen atoms in total. The molecule has 2 aromatic carbocycles. The van der Waals surface area contributed by atoms with Crippen LogP contribution in [0.3, 0.4) is 0 Å². The van der Waals surface area contributed by atoms with Crippen molar-refractivity contribution in [1.82, 2.24) is 15.2 Å². The topological polar surface area (TPSA) is 74.8 Å². The van der Waals surface area contributed by atoms with E-state index < -0.39 is 0 Å². The molecule has 0 atom stereocenters. The van der Waals surface area contributed by atoms with Gasteiger partial charge in [-0.15, -0.1) is 0 Å². The van der Waals surface area contributed by atoms with Crippen LogP contribution < -0.4 is 18.1 Å². The second-order valence-electron chi connectivity index (χ2n) is 7.80. The van der Waals surface area contributed by atoms with Crippen LogP contribution in [0, 0.1) is 0 Å². The number of hydrogen-bond acceptors (Lipinski definition) is 5. The normalized spacial score (nSPS) is 13.4. The summed E-state index contributed by atoms with van der Waals surface area (Å²) in [5, 5.41) is 2.74. The summed E-state index contributed by atoms with van der Waals surface area (Å²) in [6.07, 6.45) is 1.74. The average Bonchev–Trinajstić information content (AvgIpc) is 2.87. The summed E-state index contributed by atoms with van der Waals surface area (Å²) < 4.78 is 6.98. The van der Waals surface area contributed by atoms with Crippen molar-refractivity contribution >= 4 is 46.5 Å². The number of pyridine rings is 1. The quantitative estimate of drug-likeness (QED) is 0.400. The second kappa shape index (κ2) is 11.3. The Bertz CT molecular complexity index is 1080. The summed E-state index contributed by atoms with van der Waals surface area (Å²) in [6, 6.07) is 21.4. The van der Waals surface area contributed by atoms with E-state index in [1.54, 1.807) is 17.2 Å². The van der Waals surface area contributed by atoms with Crippen LogP contribution in [-0.4, -0.2) is 80.2 Å². The molecule has 166 valence electrons. The molecule has 0 saturated carbocycles. The maximum absolute atomic E-state index is 12.5. The second-order valence-corrected chi connectivity index (χ2v) is 10.4. The molecule has 1 aliphatic heterocycles. The van der Waals surface area contributed by atoms with Gasteiger partial charge in [0.15, 0.2) is 0 Å². The van der Waals surface area contributed by atoms with E-state index in [-0.39, 0.29) is 18.4 Å². The Morgan fingerprint density at radius 3 is 2.45 bits per heavy atom. The molecule has 4 rings (SSSR count). The number of carbonyl (C=O) groups excluding carboxylic acids is 2. The van der Waals surface area contributed by atoms with Crippen molar-refractivity contribution in [2.24, 2.45) is 0 Å². The van der Waals surface area contributed by atoms with Crippen LogP contribution in [0.1, 0.15) is 15.9 Å². The minimum atomic E-state index is -0.205. The summed E-state index contributed by atoms with van der Waals surface area (Å²) in [6.45, 7) is 3.10. The number of benzene rings is 2. The Morgan fingerprint density at radius 2 is 1.76 bits per heavy atom. The summed E-state index contributed by atoms with van der Waals surface area (Å²) >= 11 is 0.674. The molecule has 0 radical (unpaired) electrons. The van der Waals surface area contributed by atoms with Gasteiger partial charge in [0.1, 0.15) is 12.4 Å². The molecule has 0 spiro atoms. The van der Waals surface area contributed by atoms with Gasteiger partial charge in [-0.2, -0.15) is 0 Å². The van der Waals surface area contributed by atoms with Crippen molar-refractivity contribution in [3.63, 3.8) is 0 Å². The Labute approximate surface area is 209 Å². The van der Waals surface area contributed by atoms with Crippen molar-refractivity contribution in [2.45, 2.75) is 6.61 Å². The fraction of sp³-hybridized carbons (Fsp3) is 0.240. The number of nitrogens with one attached hydrogen (secondary N) is 1. The molecule has 1 N–H and O–H groups in total. The van der Waals surface area contributed by atoms with E-state index in [9.17, 15) is 9.59 Å². The molecule has 0 unspecified atom stereocenters. The van der Waals surface area contributed by atoms with Crippen LogP contribution >= 0.6 is 0 Å². The van der Waals surface area contributed by atoms with E-state index in [1.807, 2.05) is 60.7 Å². The molecular formula is C25H25N4O3Tl. The summed E-state index contributed by atoms with van der Waals surface area (Å²) in [5.41, 5.74) is 1.72. The van der Waals surface area contributed by atoms with Crippen molar-refractivity contribution in [1.29, 1.82) is 0 Å². The molecular weight excluding hydrogens is 609 g/mol. The van der Waals surface area contributed by atoms with E-state index >= 15 is 0 Å². The first-order valence-corrected chi connectivity index (χ1v) is 13.1. The Hall–Kier alpha value is -2.95. The molecule has 0 aliphatic carbocycles. The Balaban J connectivity index is 1.22. The van der Waals surface area contributed by atoms with Crippen LogP contribution in [0.25, 0.3) is 0 Å². The fourth-order valence-corrected chi connectivity index (χ4v) is 4.75. The first-order chi connectivity index (χ1) is 16.1. The van der Waals surface area contributed by atoms with Crippen molar-refractivity contribution < 1.29 is 14.3 Å². The van der Waals surface area contributed by atoms with Crippen LogP contribution in [0.5, 0.6) is 5.75 Å².